The van der Waals surface area contributed by atoms with Gasteiger partial charge in [-0.2, -0.15) is 0 Å². The standard InChI is InChI=1S/C20H34O3/c1-3-5-7-9-10-11-13-15-17(14-12-8-6-4-2)18-16-19(21)23-20(18)22/h13,15,17-18H,3-12,14,16H2,1-2H3/b15-13+. The van der Waals surface area contributed by atoms with E-state index in [4.69, 9.17) is 4.74 Å². The highest BCUT2D eigenvalue weighted by Gasteiger charge is 2.37. The molecule has 132 valence electrons. The molecule has 0 aromatic heterocycles. The highest BCUT2D eigenvalue weighted by Crippen LogP contribution is 2.30. The van der Waals surface area contributed by atoms with Crippen LogP contribution in [0.3, 0.4) is 0 Å². The molecule has 2 unspecified atom stereocenters. The summed E-state index contributed by atoms with van der Waals surface area (Å²) in [6.45, 7) is 4.42. The van der Waals surface area contributed by atoms with Crippen molar-refractivity contribution >= 4 is 11.9 Å². The summed E-state index contributed by atoms with van der Waals surface area (Å²) in [5.41, 5.74) is 0. The number of esters is 2. The highest BCUT2D eigenvalue weighted by atomic mass is 16.6. The summed E-state index contributed by atoms with van der Waals surface area (Å²) in [7, 11) is 0. The molecule has 1 fully saturated rings. The Bertz CT molecular complexity index is 373. The summed E-state index contributed by atoms with van der Waals surface area (Å²) in [6.07, 6.45) is 17.9. The van der Waals surface area contributed by atoms with E-state index >= 15 is 0 Å². The molecule has 1 aliphatic heterocycles. The molecule has 0 spiro atoms. The molecule has 0 aromatic carbocycles. The number of unbranched alkanes of at least 4 members (excludes halogenated alkanes) is 8. The Morgan fingerprint density at radius 2 is 1.65 bits per heavy atom. The topological polar surface area (TPSA) is 43.4 Å². The Morgan fingerprint density at radius 1 is 1.00 bits per heavy atom. The average Bonchev–Trinajstić information content (AvgIpc) is 2.87. The van der Waals surface area contributed by atoms with Gasteiger partial charge in [-0.25, -0.2) is 0 Å². The number of rotatable bonds is 13. The molecule has 0 radical (unpaired) electrons. The largest absolute Gasteiger partial charge is 0.393 e. The van der Waals surface area contributed by atoms with Crippen LogP contribution < -0.4 is 0 Å². The first kappa shape index (κ1) is 19.9. The van der Waals surface area contributed by atoms with Gasteiger partial charge in [-0.3, -0.25) is 9.59 Å². The summed E-state index contributed by atoms with van der Waals surface area (Å²) < 4.78 is 4.74. The first-order valence-corrected chi connectivity index (χ1v) is 9.60. The molecule has 1 heterocycles. The predicted octanol–water partition coefficient (Wildman–Crippen LogP) is 5.58. The molecule has 2 atom stereocenters. The molecule has 3 heteroatoms. The number of cyclic esters (lactones) is 2. The van der Waals surface area contributed by atoms with Crippen LogP contribution in [0.2, 0.25) is 0 Å². The van der Waals surface area contributed by atoms with Crippen LogP contribution in [0.1, 0.15) is 90.9 Å². The third-order valence-electron chi connectivity index (χ3n) is 4.67. The van der Waals surface area contributed by atoms with E-state index in [0.717, 1.165) is 19.3 Å². The first-order valence-electron chi connectivity index (χ1n) is 9.60. The van der Waals surface area contributed by atoms with E-state index in [-0.39, 0.29) is 30.2 Å². The van der Waals surface area contributed by atoms with E-state index in [2.05, 4.69) is 26.0 Å². The van der Waals surface area contributed by atoms with Crippen LogP contribution in [0.25, 0.3) is 0 Å². The molecular formula is C20H34O3. The van der Waals surface area contributed by atoms with Gasteiger partial charge in [-0.15, -0.1) is 0 Å². The molecule has 0 N–H and O–H groups in total. The van der Waals surface area contributed by atoms with Crippen molar-refractivity contribution in [1.82, 2.24) is 0 Å². The lowest BCUT2D eigenvalue weighted by molar-refractivity contribution is -0.153. The van der Waals surface area contributed by atoms with Gasteiger partial charge in [0.15, 0.2) is 0 Å². The molecule has 1 aliphatic rings. The van der Waals surface area contributed by atoms with Crippen LogP contribution in [-0.2, 0) is 14.3 Å². The summed E-state index contributed by atoms with van der Waals surface area (Å²) in [5, 5.41) is 0. The van der Waals surface area contributed by atoms with Crippen molar-refractivity contribution < 1.29 is 14.3 Å². The monoisotopic (exact) mass is 322 g/mol. The van der Waals surface area contributed by atoms with Gasteiger partial charge < -0.3 is 4.74 Å². The lowest BCUT2D eigenvalue weighted by Crippen LogP contribution is -2.18. The number of hydrogen-bond acceptors (Lipinski definition) is 3. The van der Waals surface area contributed by atoms with Gasteiger partial charge in [-0.1, -0.05) is 77.4 Å². The fraction of sp³-hybridized carbons (Fsp3) is 0.800. The van der Waals surface area contributed by atoms with E-state index in [0.29, 0.717) is 0 Å². The maximum Gasteiger partial charge on any atom is 0.317 e. The summed E-state index contributed by atoms with van der Waals surface area (Å²) >= 11 is 0. The van der Waals surface area contributed by atoms with Gasteiger partial charge in [0.25, 0.3) is 0 Å². The Labute approximate surface area is 141 Å². The molecule has 0 aromatic rings. The van der Waals surface area contributed by atoms with E-state index in [1.165, 1.54) is 51.4 Å². The third kappa shape index (κ3) is 8.34. The Morgan fingerprint density at radius 3 is 2.26 bits per heavy atom. The predicted molar refractivity (Wildman–Crippen MR) is 94.0 cm³/mol. The second-order valence-corrected chi connectivity index (χ2v) is 6.75. The highest BCUT2D eigenvalue weighted by molar-refractivity contribution is 5.94. The zero-order valence-electron chi connectivity index (χ0n) is 15.0. The fourth-order valence-electron chi connectivity index (χ4n) is 3.19. The molecule has 3 nitrogen and oxygen atoms in total. The molecule has 0 amide bonds. The molecule has 1 rings (SSSR count). The minimum Gasteiger partial charge on any atom is -0.393 e. The fourth-order valence-corrected chi connectivity index (χ4v) is 3.19. The van der Waals surface area contributed by atoms with Crippen LogP contribution in [-0.4, -0.2) is 11.9 Å². The maximum absolute atomic E-state index is 11.8. The van der Waals surface area contributed by atoms with Gasteiger partial charge in [0, 0.05) is 0 Å². The summed E-state index contributed by atoms with van der Waals surface area (Å²) in [5.74, 6) is -0.753. The van der Waals surface area contributed by atoms with E-state index < -0.39 is 0 Å². The lowest BCUT2D eigenvalue weighted by Gasteiger charge is -2.16. The molecule has 0 bridgehead atoms. The molecule has 0 saturated carbocycles. The normalized spacial score (nSPS) is 19.5. The van der Waals surface area contributed by atoms with Crippen molar-refractivity contribution in [1.29, 1.82) is 0 Å². The number of ether oxygens (including phenoxy) is 1. The van der Waals surface area contributed by atoms with Crippen LogP contribution in [0.5, 0.6) is 0 Å². The summed E-state index contributed by atoms with van der Waals surface area (Å²) in [4.78, 5) is 23.2. The number of carbonyl (C=O) groups excluding carboxylic acids is 2. The second-order valence-electron chi connectivity index (χ2n) is 6.75. The van der Waals surface area contributed by atoms with Gasteiger partial charge in [-0.05, 0) is 25.2 Å². The van der Waals surface area contributed by atoms with E-state index in [1.54, 1.807) is 0 Å². The Hall–Kier alpha value is -1.12. The van der Waals surface area contributed by atoms with Crippen LogP contribution in [0.4, 0.5) is 0 Å². The van der Waals surface area contributed by atoms with Gasteiger partial charge in [0.2, 0.25) is 0 Å². The quantitative estimate of drug-likeness (QED) is 0.192. The lowest BCUT2D eigenvalue weighted by atomic mass is 9.86. The third-order valence-corrected chi connectivity index (χ3v) is 4.67. The minimum atomic E-state index is -0.355. The number of carbonyl (C=O) groups is 2. The van der Waals surface area contributed by atoms with Gasteiger partial charge in [0.1, 0.15) is 0 Å². The van der Waals surface area contributed by atoms with Gasteiger partial charge >= 0.3 is 11.9 Å². The zero-order chi connectivity index (χ0) is 16.9. The molecule has 23 heavy (non-hydrogen) atoms. The SMILES string of the molecule is CCCCCCC/C=C/C(CCCCCC)C1CC(=O)OC1=O. The zero-order valence-corrected chi connectivity index (χ0v) is 15.0. The van der Waals surface area contributed by atoms with Crippen molar-refractivity contribution in [2.75, 3.05) is 0 Å². The van der Waals surface area contributed by atoms with Crippen molar-refractivity contribution in [3.05, 3.63) is 12.2 Å². The van der Waals surface area contributed by atoms with Crippen LogP contribution in [0, 0.1) is 11.8 Å². The van der Waals surface area contributed by atoms with Gasteiger partial charge in [0.05, 0.1) is 12.3 Å². The average molecular weight is 322 g/mol. The Kier molecular flexibility index (Phi) is 10.7. The Balaban J connectivity index is 2.40. The second kappa shape index (κ2) is 12.3. The number of allylic oxidation sites excluding steroid dienone is 2. The van der Waals surface area contributed by atoms with Crippen molar-refractivity contribution in [3.63, 3.8) is 0 Å². The van der Waals surface area contributed by atoms with Crippen molar-refractivity contribution in [2.45, 2.75) is 90.9 Å². The van der Waals surface area contributed by atoms with Crippen LogP contribution in [0.15, 0.2) is 12.2 Å². The molecule has 0 aliphatic carbocycles. The summed E-state index contributed by atoms with van der Waals surface area (Å²) in [6, 6.07) is 0. The number of hydrogen-bond donors (Lipinski definition) is 0. The van der Waals surface area contributed by atoms with E-state index in [1.807, 2.05) is 0 Å². The minimum absolute atomic E-state index is 0.168. The van der Waals surface area contributed by atoms with Crippen LogP contribution >= 0.6 is 0 Å². The first-order chi connectivity index (χ1) is 11.2. The molecule has 1 saturated heterocycles. The smallest absolute Gasteiger partial charge is 0.317 e. The van der Waals surface area contributed by atoms with E-state index in [9.17, 15) is 9.59 Å². The van der Waals surface area contributed by atoms with Crippen molar-refractivity contribution in [2.24, 2.45) is 11.8 Å². The maximum atomic E-state index is 11.8. The molecular weight excluding hydrogens is 288 g/mol. The van der Waals surface area contributed by atoms with Crippen molar-refractivity contribution in [3.8, 4) is 0 Å².